The van der Waals surface area contributed by atoms with Gasteiger partial charge in [-0.25, -0.2) is 0 Å². The second-order valence-corrected chi connectivity index (χ2v) is 6.56. The lowest BCUT2D eigenvalue weighted by molar-refractivity contribution is -0.137. The van der Waals surface area contributed by atoms with Crippen molar-refractivity contribution in [3.63, 3.8) is 0 Å². The van der Waals surface area contributed by atoms with E-state index in [0.29, 0.717) is 12.8 Å². The fourth-order valence-corrected chi connectivity index (χ4v) is 3.69. The van der Waals surface area contributed by atoms with Crippen LogP contribution < -0.4 is 5.32 Å². The van der Waals surface area contributed by atoms with Crippen LogP contribution in [0, 0.1) is 0 Å². The molecular weight excluding hydrogens is 274 g/mol. The number of carboxylic acid groups (broad SMARTS) is 1. The highest BCUT2D eigenvalue weighted by Gasteiger charge is 2.18. The Kier molecular flexibility index (Phi) is 5.17. The normalized spacial score (nSPS) is 15.4. The number of carbonyl (C=O) groups excluding carboxylic acids is 1. The molecule has 0 radical (unpaired) electrons. The summed E-state index contributed by atoms with van der Waals surface area (Å²) in [6.07, 6.45) is 6.08. The number of hydrogen-bond donors (Lipinski definition) is 2. The number of aliphatic carboxylic acids is 1. The number of carboxylic acids is 1. The van der Waals surface area contributed by atoms with Gasteiger partial charge in [0.2, 0.25) is 0 Å². The van der Waals surface area contributed by atoms with Crippen LogP contribution in [-0.4, -0.2) is 23.0 Å². The summed E-state index contributed by atoms with van der Waals surface area (Å²) < 4.78 is 0. The molecule has 1 unspecified atom stereocenters. The molecule has 1 heterocycles. The second kappa shape index (κ2) is 6.88. The molecule has 0 saturated carbocycles. The number of thiophene rings is 1. The average molecular weight is 295 g/mol. The van der Waals surface area contributed by atoms with Gasteiger partial charge in [-0.05, 0) is 57.1 Å². The Hall–Kier alpha value is -1.36. The van der Waals surface area contributed by atoms with Crippen LogP contribution in [0.15, 0.2) is 6.07 Å². The van der Waals surface area contributed by atoms with Crippen molar-refractivity contribution in [3.05, 3.63) is 21.4 Å². The van der Waals surface area contributed by atoms with Gasteiger partial charge in [-0.15, -0.1) is 11.3 Å². The summed E-state index contributed by atoms with van der Waals surface area (Å²) >= 11 is 1.61. The molecule has 1 aromatic heterocycles. The maximum absolute atomic E-state index is 12.2. The van der Waals surface area contributed by atoms with Gasteiger partial charge < -0.3 is 10.4 Å². The average Bonchev–Trinajstić information content (AvgIpc) is 2.82. The summed E-state index contributed by atoms with van der Waals surface area (Å²) in [6, 6.07) is 2.04. The molecule has 0 spiro atoms. The zero-order chi connectivity index (χ0) is 14.5. The zero-order valence-electron chi connectivity index (χ0n) is 11.8. The summed E-state index contributed by atoms with van der Waals surface area (Å²) in [5.41, 5.74) is 1.34. The van der Waals surface area contributed by atoms with E-state index in [1.807, 2.05) is 13.0 Å². The number of fused-ring (bicyclic) bond motifs is 1. The predicted octanol–water partition coefficient (Wildman–Crippen LogP) is 3.00. The standard InChI is InChI=1S/C15H21NO3S/c1-10(5-4-8-14(17)18)16-15(19)13-9-11-6-2-3-7-12(11)20-13/h9-10H,2-8H2,1H3,(H,16,19)(H,17,18). The van der Waals surface area contributed by atoms with Gasteiger partial charge in [0, 0.05) is 17.3 Å². The van der Waals surface area contributed by atoms with Crippen molar-refractivity contribution in [2.75, 3.05) is 0 Å². The first kappa shape index (κ1) is 15.0. The van der Waals surface area contributed by atoms with Crippen molar-refractivity contribution < 1.29 is 14.7 Å². The summed E-state index contributed by atoms with van der Waals surface area (Å²) in [7, 11) is 0. The molecule has 1 atom stereocenters. The molecule has 1 amide bonds. The van der Waals surface area contributed by atoms with E-state index in [9.17, 15) is 9.59 Å². The molecule has 1 aliphatic rings. The van der Waals surface area contributed by atoms with E-state index in [1.54, 1.807) is 11.3 Å². The molecule has 4 nitrogen and oxygen atoms in total. The molecule has 5 heteroatoms. The lowest BCUT2D eigenvalue weighted by Gasteiger charge is -2.12. The Labute approximate surface area is 123 Å². The van der Waals surface area contributed by atoms with Gasteiger partial charge in [0.25, 0.3) is 5.91 Å². The number of rotatable bonds is 6. The Bertz CT molecular complexity index is 472. The highest BCUT2D eigenvalue weighted by atomic mass is 32.1. The minimum atomic E-state index is -0.783. The van der Waals surface area contributed by atoms with Crippen molar-refractivity contribution >= 4 is 23.2 Å². The first-order valence-electron chi connectivity index (χ1n) is 7.20. The molecule has 0 aliphatic heterocycles. The van der Waals surface area contributed by atoms with Gasteiger partial charge in [0.15, 0.2) is 0 Å². The van der Waals surface area contributed by atoms with Gasteiger partial charge in [0.05, 0.1) is 4.88 Å². The number of carbonyl (C=O) groups is 2. The topological polar surface area (TPSA) is 66.4 Å². The van der Waals surface area contributed by atoms with Crippen LogP contribution in [0.3, 0.4) is 0 Å². The van der Waals surface area contributed by atoms with Crippen molar-refractivity contribution in [2.24, 2.45) is 0 Å². The van der Waals surface area contributed by atoms with Gasteiger partial charge in [-0.2, -0.15) is 0 Å². The molecule has 20 heavy (non-hydrogen) atoms. The number of amides is 1. The smallest absolute Gasteiger partial charge is 0.303 e. The van der Waals surface area contributed by atoms with Gasteiger partial charge in [0.1, 0.15) is 0 Å². The molecule has 0 aromatic carbocycles. The van der Waals surface area contributed by atoms with Crippen LogP contribution in [0.25, 0.3) is 0 Å². The van der Waals surface area contributed by atoms with E-state index in [2.05, 4.69) is 5.32 Å². The Morgan fingerprint density at radius 2 is 2.15 bits per heavy atom. The molecule has 0 saturated heterocycles. The third-order valence-corrected chi connectivity index (χ3v) is 4.86. The third-order valence-electron chi connectivity index (χ3n) is 3.63. The summed E-state index contributed by atoms with van der Waals surface area (Å²) in [5.74, 6) is -0.804. The van der Waals surface area contributed by atoms with E-state index in [0.717, 1.165) is 17.7 Å². The summed E-state index contributed by atoms with van der Waals surface area (Å²) in [5, 5.41) is 11.6. The van der Waals surface area contributed by atoms with Gasteiger partial charge in [-0.1, -0.05) is 0 Å². The van der Waals surface area contributed by atoms with E-state index in [-0.39, 0.29) is 18.4 Å². The molecule has 2 N–H and O–H groups in total. The van der Waals surface area contributed by atoms with E-state index < -0.39 is 5.97 Å². The Balaban J connectivity index is 1.84. The highest BCUT2D eigenvalue weighted by Crippen LogP contribution is 2.29. The number of aryl methyl sites for hydroxylation is 2. The first-order chi connectivity index (χ1) is 9.56. The van der Waals surface area contributed by atoms with Crippen LogP contribution in [0.5, 0.6) is 0 Å². The van der Waals surface area contributed by atoms with Crippen LogP contribution in [0.4, 0.5) is 0 Å². The van der Waals surface area contributed by atoms with Crippen molar-refractivity contribution in [1.29, 1.82) is 0 Å². The second-order valence-electron chi connectivity index (χ2n) is 5.43. The fraction of sp³-hybridized carbons (Fsp3) is 0.600. The van der Waals surface area contributed by atoms with Crippen molar-refractivity contribution in [2.45, 2.75) is 57.9 Å². The zero-order valence-corrected chi connectivity index (χ0v) is 12.6. The molecular formula is C15H21NO3S. The minimum absolute atomic E-state index is 0.0148. The van der Waals surface area contributed by atoms with Crippen LogP contribution in [0.2, 0.25) is 0 Å². The first-order valence-corrected chi connectivity index (χ1v) is 8.02. The SMILES string of the molecule is CC(CCCC(=O)O)NC(=O)c1cc2c(s1)CCCC2. The molecule has 0 fully saturated rings. The Morgan fingerprint density at radius 3 is 2.85 bits per heavy atom. The molecule has 0 bridgehead atoms. The number of hydrogen-bond acceptors (Lipinski definition) is 3. The van der Waals surface area contributed by atoms with E-state index in [4.69, 9.17) is 5.11 Å². The van der Waals surface area contributed by atoms with Crippen LogP contribution in [-0.2, 0) is 17.6 Å². The lowest BCUT2D eigenvalue weighted by atomic mass is 9.99. The summed E-state index contributed by atoms with van der Waals surface area (Å²) in [6.45, 7) is 1.92. The third kappa shape index (κ3) is 4.07. The van der Waals surface area contributed by atoms with Crippen LogP contribution >= 0.6 is 11.3 Å². The monoisotopic (exact) mass is 295 g/mol. The van der Waals surface area contributed by atoms with Crippen LogP contribution in [0.1, 0.15) is 59.1 Å². The predicted molar refractivity (Wildman–Crippen MR) is 79.4 cm³/mol. The number of nitrogens with one attached hydrogen (secondary N) is 1. The maximum atomic E-state index is 12.2. The van der Waals surface area contributed by atoms with E-state index >= 15 is 0 Å². The Morgan fingerprint density at radius 1 is 1.40 bits per heavy atom. The quantitative estimate of drug-likeness (QED) is 0.848. The molecule has 110 valence electrons. The molecule has 1 aliphatic carbocycles. The largest absolute Gasteiger partial charge is 0.481 e. The van der Waals surface area contributed by atoms with Crippen molar-refractivity contribution in [3.8, 4) is 0 Å². The maximum Gasteiger partial charge on any atom is 0.303 e. The fourth-order valence-electron chi connectivity index (χ4n) is 2.53. The van der Waals surface area contributed by atoms with Gasteiger partial charge in [-0.3, -0.25) is 9.59 Å². The van der Waals surface area contributed by atoms with Gasteiger partial charge >= 0.3 is 5.97 Å². The highest BCUT2D eigenvalue weighted by molar-refractivity contribution is 7.14. The molecule has 2 rings (SSSR count). The minimum Gasteiger partial charge on any atom is -0.481 e. The molecule has 1 aromatic rings. The summed E-state index contributed by atoms with van der Waals surface area (Å²) in [4.78, 5) is 24.8. The lowest BCUT2D eigenvalue weighted by Crippen LogP contribution is -2.32. The van der Waals surface area contributed by atoms with Crippen molar-refractivity contribution in [1.82, 2.24) is 5.32 Å². The van der Waals surface area contributed by atoms with E-state index in [1.165, 1.54) is 23.3 Å².